The largest absolute Gasteiger partial charge is 0.458 e. The van der Waals surface area contributed by atoms with E-state index in [1.165, 1.54) is 5.56 Å². The number of amides is 1. The van der Waals surface area contributed by atoms with E-state index in [-0.39, 0.29) is 18.2 Å². The Kier molecular flexibility index (Phi) is 4.84. The third kappa shape index (κ3) is 4.03. The van der Waals surface area contributed by atoms with E-state index in [1.54, 1.807) is 6.92 Å². The third-order valence-corrected chi connectivity index (χ3v) is 4.73. The summed E-state index contributed by atoms with van der Waals surface area (Å²) in [6.45, 7) is 1.75. The number of hydrogen-bond acceptors (Lipinski definition) is 4. The number of carbonyl (C=O) groups excluding carboxylic acids is 2. The van der Waals surface area contributed by atoms with Crippen LogP contribution in [0.5, 0.6) is 0 Å². The maximum absolute atomic E-state index is 11.8. The lowest BCUT2D eigenvalue weighted by atomic mass is 9.83. The van der Waals surface area contributed by atoms with Crippen LogP contribution < -0.4 is 5.32 Å². The quantitative estimate of drug-likeness (QED) is 0.867. The van der Waals surface area contributed by atoms with Crippen LogP contribution in [0.2, 0.25) is 0 Å². The van der Waals surface area contributed by atoms with Gasteiger partial charge in [-0.25, -0.2) is 9.59 Å². The maximum Gasteiger partial charge on any atom is 0.408 e. The Labute approximate surface area is 136 Å². The Balaban J connectivity index is 1.39. The second-order valence-corrected chi connectivity index (χ2v) is 6.50. The highest BCUT2D eigenvalue weighted by molar-refractivity contribution is 5.86. The van der Waals surface area contributed by atoms with Crippen LogP contribution in [-0.4, -0.2) is 30.3 Å². The van der Waals surface area contributed by atoms with E-state index in [0.29, 0.717) is 5.92 Å². The molecule has 2 aliphatic rings. The van der Waals surface area contributed by atoms with Crippen LogP contribution in [0.25, 0.3) is 0 Å². The third-order valence-electron chi connectivity index (χ3n) is 4.73. The summed E-state index contributed by atoms with van der Waals surface area (Å²) in [6.07, 6.45) is 4.16. The molecule has 5 heteroatoms. The molecular formula is C18H23NO4. The molecule has 1 aromatic rings. The van der Waals surface area contributed by atoms with Gasteiger partial charge in [-0.1, -0.05) is 30.3 Å². The number of rotatable bonds is 4. The van der Waals surface area contributed by atoms with Crippen LogP contribution in [0.1, 0.15) is 38.2 Å². The lowest BCUT2D eigenvalue weighted by molar-refractivity contribution is -0.174. The Bertz CT molecular complexity index is 551. The summed E-state index contributed by atoms with van der Waals surface area (Å²) in [5.41, 5.74) is 1.37. The van der Waals surface area contributed by atoms with Gasteiger partial charge in [0, 0.05) is 0 Å². The fraction of sp³-hybridized carbons (Fsp3) is 0.556. The van der Waals surface area contributed by atoms with Gasteiger partial charge in [0.2, 0.25) is 0 Å². The van der Waals surface area contributed by atoms with Gasteiger partial charge in [0.15, 0.2) is 6.04 Å². The average molecular weight is 317 g/mol. The number of carbonyl (C=O) groups is 2. The van der Waals surface area contributed by atoms with E-state index >= 15 is 0 Å². The van der Waals surface area contributed by atoms with Crippen molar-refractivity contribution in [2.75, 3.05) is 0 Å². The molecule has 0 bridgehead atoms. The van der Waals surface area contributed by atoms with E-state index in [9.17, 15) is 9.59 Å². The van der Waals surface area contributed by atoms with Crippen LogP contribution in [0.4, 0.5) is 4.79 Å². The molecule has 1 unspecified atom stereocenters. The van der Waals surface area contributed by atoms with Crippen molar-refractivity contribution in [2.45, 2.75) is 57.3 Å². The van der Waals surface area contributed by atoms with Crippen LogP contribution in [0.3, 0.4) is 0 Å². The minimum absolute atomic E-state index is 0.0478. The summed E-state index contributed by atoms with van der Waals surface area (Å²) >= 11 is 0. The van der Waals surface area contributed by atoms with Crippen LogP contribution >= 0.6 is 0 Å². The average Bonchev–Trinajstić information content (AvgIpc) is 2.56. The number of hydrogen-bond donors (Lipinski definition) is 1. The van der Waals surface area contributed by atoms with Crippen molar-refractivity contribution in [2.24, 2.45) is 5.92 Å². The number of nitrogens with one attached hydrogen (secondary N) is 1. The lowest BCUT2D eigenvalue weighted by Crippen LogP contribution is -2.59. The van der Waals surface area contributed by atoms with Crippen molar-refractivity contribution in [3.63, 3.8) is 0 Å². The fourth-order valence-electron chi connectivity index (χ4n) is 3.33. The first-order valence-corrected chi connectivity index (χ1v) is 8.33. The predicted molar refractivity (Wildman–Crippen MR) is 84.9 cm³/mol. The van der Waals surface area contributed by atoms with Crippen molar-refractivity contribution >= 4 is 12.1 Å². The van der Waals surface area contributed by atoms with E-state index in [1.807, 2.05) is 6.07 Å². The highest BCUT2D eigenvalue weighted by atomic mass is 16.6. The number of benzene rings is 1. The van der Waals surface area contributed by atoms with E-state index in [4.69, 9.17) is 9.47 Å². The molecule has 1 amide bonds. The van der Waals surface area contributed by atoms with E-state index in [2.05, 4.69) is 29.6 Å². The minimum Gasteiger partial charge on any atom is -0.458 e. The highest BCUT2D eigenvalue weighted by Crippen LogP contribution is 2.29. The molecule has 124 valence electrons. The van der Waals surface area contributed by atoms with E-state index < -0.39 is 12.1 Å². The molecule has 1 heterocycles. The van der Waals surface area contributed by atoms with Crippen molar-refractivity contribution in [3.8, 4) is 0 Å². The normalized spacial score (nSPS) is 30.0. The number of alkyl carbamates (subject to hydrolysis) is 1. The number of esters is 1. The number of ether oxygens (including phenoxy) is 2. The molecule has 2 fully saturated rings. The summed E-state index contributed by atoms with van der Waals surface area (Å²) in [5, 5.41) is 2.58. The molecule has 0 radical (unpaired) electrons. The lowest BCUT2D eigenvalue weighted by Gasteiger charge is -2.33. The van der Waals surface area contributed by atoms with Crippen LogP contribution in [0, 0.1) is 5.92 Å². The fourth-order valence-corrected chi connectivity index (χ4v) is 3.33. The molecule has 1 aromatic carbocycles. The minimum atomic E-state index is -0.558. The smallest absolute Gasteiger partial charge is 0.408 e. The molecule has 1 saturated carbocycles. The monoisotopic (exact) mass is 317 g/mol. The van der Waals surface area contributed by atoms with Crippen LogP contribution in [-0.2, 0) is 20.7 Å². The first-order valence-electron chi connectivity index (χ1n) is 8.33. The zero-order valence-electron chi connectivity index (χ0n) is 13.4. The van der Waals surface area contributed by atoms with Gasteiger partial charge in [-0.15, -0.1) is 0 Å². The first kappa shape index (κ1) is 15.8. The SMILES string of the molecule is C[C@@H]1OC(=O)C1NC(=O)OC1CCC(Cc2ccccc2)CC1. The second-order valence-electron chi connectivity index (χ2n) is 6.50. The molecular weight excluding hydrogens is 294 g/mol. The highest BCUT2D eigenvalue weighted by Gasteiger charge is 2.41. The zero-order chi connectivity index (χ0) is 16.2. The van der Waals surface area contributed by atoms with Gasteiger partial charge in [-0.3, -0.25) is 0 Å². The van der Waals surface area contributed by atoms with Gasteiger partial charge in [-0.2, -0.15) is 0 Å². The second kappa shape index (κ2) is 7.02. The molecule has 1 aliphatic carbocycles. The van der Waals surface area contributed by atoms with Crippen molar-refractivity contribution < 1.29 is 19.1 Å². The summed E-state index contributed by atoms with van der Waals surface area (Å²) in [6, 6.07) is 9.94. The maximum atomic E-state index is 11.8. The Morgan fingerprint density at radius 2 is 1.91 bits per heavy atom. The summed E-state index contributed by atoms with van der Waals surface area (Å²) < 4.78 is 10.2. The molecule has 1 N–H and O–H groups in total. The zero-order valence-corrected chi connectivity index (χ0v) is 13.4. The molecule has 23 heavy (non-hydrogen) atoms. The van der Waals surface area contributed by atoms with Gasteiger partial charge in [0.05, 0.1) is 0 Å². The van der Waals surface area contributed by atoms with Crippen molar-refractivity contribution in [1.82, 2.24) is 5.32 Å². The topological polar surface area (TPSA) is 64.6 Å². The summed E-state index contributed by atoms with van der Waals surface area (Å²) in [7, 11) is 0. The van der Waals surface area contributed by atoms with Gasteiger partial charge >= 0.3 is 12.1 Å². The van der Waals surface area contributed by atoms with Gasteiger partial charge < -0.3 is 14.8 Å². The first-order chi connectivity index (χ1) is 11.1. The molecule has 3 rings (SSSR count). The molecule has 2 atom stereocenters. The summed E-state index contributed by atoms with van der Waals surface area (Å²) in [4.78, 5) is 23.0. The van der Waals surface area contributed by atoms with E-state index in [0.717, 1.165) is 32.1 Å². The van der Waals surface area contributed by atoms with Gasteiger partial charge in [-0.05, 0) is 50.5 Å². The molecule has 5 nitrogen and oxygen atoms in total. The van der Waals surface area contributed by atoms with Crippen molar-refractivity contribution in [3.05, 3.63) is 35.9 Å². The Morgan fingerprint density at radius 3 is 2.52 bits per heavy atom. The number of cyclic esters (lactones) is 1. The molecule has 1 saturated heterocycles. The Morgan fingerprint density at radius 1 is 1.22 bits per heavy atom. The van der Waals surface area contributed by atoms with Gasteiger partial charge in [0.25, 0.3) is 0 Å². The van der Waals surface area contributed by atoms with Gasteiger partial charge in [0.1, 0.15) is 12.2 Å². The predicted octanol–water partition coefficient (Wildman–Crippen LogP) is 2.83. The van der Waals surface area contributed by atoms with Crippen LogP contribution in [0.15, 0.2) is 30.3 Å². The molecule has 1 aliphatic heterocycles. The molecule has 0 aromatic heterocycles. The standard InChI is InChI=1S/C18H23NO4/c1-12-16(17(20)22-12)19-18(21)23-15-9-7-14(8-10-15)11-13-5-3-2-4-6-13/h2-6,12,14-16H,7-11H2,1H3,(H,19,21)/t12-,14?,15?,16?/m0/s1. The van der Waals surface area contributed by atoms with Crippen molar-refractivity contribution in [1.29, 1.82) is 0 Å². The summed E-state index contributed by atoms with van der Waals surface area (Å²) in [5.74, 6) is 0.267. The molecule has 0 spiro atoms. The Hall–Kier alpha value is -2.04.